The van der Waals surface area contributed by atoms with Crippen LogP contribution in [-0.4, -0.2) is 34.0 Å². The fourth-order valence-corrected chi connectivity index (χ4v) is 2.40. The molecule has 0 aromatic heterocycles. The summed E-state index contributed by atoms with van der Waals surface area (Å²) in [5.41, 5.74) is 0. The number of carboxylic acids is 1. The van der Waals surface area contributed by atoms with Crippen molar-refractivity contribution < 1.29 is 14.7 Å². The predicted molar refractivity (Wildman–Crippen MR) is 51.8 cm³/mol. The van der Waals surface area contributed by atoms with Crippen LogP contribution in [0.2, 0.25) is 0 Å². The van der Waals surface area contributed by atoms with Gasteiger partial charge < -0.3 is 10.0 Å². The Balaban J connectivity index is 2.72. The summed E-state index contributed by atoms with van der Waals surface area (Å²) in [5.74, 6) is -1.00. The average Bonchev–Trinajstić information content (AvgIpc) is 2.01. The van der Waals surface area contributed by atoms with Crippen LogP contribution in [0.25, 0.3) is 0 Å². The molecule has 2 atom stereocenters. The van der Waals surface area contributed by atoms with Crippen LogP contribution in [0.1, 0.15) is 33.6 Å². The lowest BCUT2D eigenvalue weighted by Gasteiger charge is -2.40. The van der Waals surface area contributed by atoms with Gasteiger partial charge in [0.25, 0.3) is 0 Å². The van der Waals surface area contributed by atoms with Crippen molar-refractivity contribution in [2.45, 2.75) is 45.7 Å². The van der Waals surface area contributed by atoms with Crippen LogP contribution < -0.4 is 0 Å². The number of aliphatic carboxylic acids is 1. The summed E-state index contributed by atoms with van der Waals surface area (Å²) >= 11 is 0. The summed E-state index contributed by atoms with van der Waals surface area (Å²) in [6, 6.07) is 0.0784. The van der Waals surface area contributed by atoms with E-state index in [1.165, 1.54) is 6.92 Å². The minimum Gasteiger partial charge on any atom is -0.481 e. The zero-order chi connectivity index (χ0) is 10.9. The van der Waals surface area contributed by atoms with Crippen LogP contribution in [-0.2, 0) is 9.59 Å². The van der Waals surface area contributed by atoms with E-state index in [9.17, 15) is 9.59 Å². The lowest BCUT2D eigenvalue weighted by Crippen LogP contribution is -2.50. The molecule has 4 heteroatoms. The Bertz CT molecular complexity index is 240. The maximum atomic E-state index is 11.3. The van der Waals surface area contributed by atoms with Crippen molar-refractivity contribution in [3.8, 4) is 0 Å². The zero-order valence-electron chi connectivity index (χ0n) is 8.86. The fraction of sp³-hybridized carbons (Fsp3) is 0.800. The van der Waals surface area contributed by atoms with Gasteiger partial charge in [-0.1, -0.05) is 0 Å². The molecular weight excluding hydrogens is 182 g/mol. The van der Waals surface area contributed by atoms with Crippen LogP contribution in [0.3, 0.4) is 0 Å². The highest BCUT2D eigenvalue weighted by Gasteiger charge is 2.35. The van der Waals surface area contributed by atoms with Gasteiger partial charge in [0.2, 0.25) is 5.91 Å². The third-order valence-corrected chi connectivity index (χ3v) is 2.91. The van der Waals surface area contributed by atoms with Gasteiger partial charge in [-0.05, 0) is 26.7 Å². The summed E-state index contributed by atoms with van der Waals surface area (Å²) in [6.07, 6.45) is 1.14. The largest absolute Gasteiger partial charge is 0.481 e. The molecule has 14 heavy (non-hydrogen) atoms. The molecule has 0 aromatic carbocycles. The number of rotatable bonds is 1. The number of amides is 1. The molecule has 1 aliphatic rings. The van der Waals surface area contributed by atoms with Gasteiger partial charge in [0.1, 0.15) is 0 Å². The molecule has 1 N–H and O–H groups in total. The Hall–Kier alpha value is -1.06. The second kappa shape index (κ2) is 3.98. The normalized spacial score (nSPS) is 32.8. The molecule has 1 aliphatic heterocycles. The third-order valence-electron chi connectivity index (χ3n) is 2.91. The van der Waals surface area contributed by atoms with Gasteiger partial charge in [0, 0.05) is 19.0 Å². The molecule has 0 saturated carbocycles. The summed E-state index contributed by atoms with van der Waals surface area (Å²) in [5, 5.41) is 8.90. The van der Waals surface area contributed by atoms with E-state index < -0.39 is 5.97 Å². The molecule has 4 nitrogen and oxygen atoms in total. The van der Waals surface area contributed by atoms with Crippen molar-refractivity contribution in [2.24, 2.45) is 5.92 Å². The van der Waals surface area contributed by atoms with Crippen LogP contribution in [0.15, 0.2) is 0 Å². The van der Waals surface area contributed by atoms with E-state index in [0.717, 1.165) is 0 Å². The standard InChI is InChI=1S/C10H17NO3/c1-6-4-9(10(13)14)5-7(2)11(6)8(3)12/h6-7,9H,4-5H2,1-3H3,(H,13,14). The number of hydrogen-bond acceptors (Lipinski definition) is 2. The summed E-state index contributed by atoms with van der Waals surface area (Å²) in [4.78, 5) is 23.9. The van der Waals surface area contributed by atoms with Gasteiger partial charge in [0.15, 0.2) is 0 Å². The molecule has 80 valence electrons. The number of hydrogen-bond donors (Lipinski definition) is 1. The van der Waals surface area contributed by atoms with E-state index in [4.69, 9.17) is 5.11 Å². The summed E-state index contributed by atoms with van der Waals surface area (Å²) in [7, 11) is 0. The monoisotopic (exact) mass is 199 g/mol. The maximum Gasteiger partial charge on any atom is 0.306 e. The molecule has 0 radical (unpaired) electrons. The Labute approximate surface area is 83.9 Å². The Morgan fingerprint density at radius 3 is 1.93 bits per heavy atom. The van der Waals surface area contributed by atoms with Gasteiger partial charge >= 0.3 is 5.97 Å². The number of carbonyl (C=O) groups excluding carboxylic acids is 1. The minimum atomic E-state index is -0.744. The van der Waals surface area contributed by atoms with Crippen molar-refractivity contribution in [3.63, 3.8) is 0 Å². The fourth-order valence-electron chi connectivity index (χ4n) is 2.40. The van der Waals surface area contributed by atoms with E-state index in [2.05, 4.69) is 0 Å². The first kappa shape index (κ1) is 11.0. The maximum absolute atomic E-state index is 11.3. The van der Waals surface area contributed by atoms with E-state index in [1.54, 1.807) is 4.90 Å². The molecule has 2 unspecified atom stereocenters. The van der Waals surface area contributed by atoms with Crippen LogP contribution in [0.4, 0.5) is 0 Å². The lowest BCUT2D eigenvalue weighted by atomic mass is 9.87. The number of likely N-dealkylation sites (tertiary alicyclic amines) is 1. The first-order chi connectivity index (χ1) is 6.43. The van der Waals surface area contributed by atoms with Crippen LogP contribution in [0, 0.1) is 5.92 Å². The highest BCUT2D eigenvalue weighted by molar-refractivity contribution is 5.75. The van der Waals surface area contributed by atoms with E-state index in [-0.39, 0.29) is 23.9 Å². The zero-order valence-corrected chi connectivity index (χ0v) is 8.86. The Morgan fingerprint density at radius 1 is 1.21 bits per heavy atom. The van der Waals surface area contributed by atoms with E-state index in [0.29, 0.717) is 12.8 Å². The van der Waals surface area contributed by atoms with Crippen LogP contribution >= 0.6 is 0 Å². The van der Waals surface area contributed by atoms with Gasteiger partial charge in [-0.2, -0.15) is 0 Å². The van der Waals surface area contributed by atoms with Crippen LogP contribution in [0.5, 0.6) is 0 Å². The first-order valence-corrected chi connectivity index (χ1v) is 4.95. The molecular formula is C10H17NO3. The molecule has 1 amide bonds. The molecule has 0 spiro atoms. The highest BCUT2D eigenvalue weighted by atomic mass is 16.4. The molecule has 0 bridgehead atoms. The number of piperidine rings is 1. The molecule has 1 saturated heterocycles. The van der Waals surface area contributed by atoms with E-state index in [1.807, 2.05) is 13.8 Å². The topological polar surface area (TPSA) is 57.6 Å². The molecule has 1 rings (SSSR count). The second-order valence-corrected chi connectivity index (χ2v) is 4.13. The molecule has 1 heterocycles. The molecule has 0 aromatic rings. The highest BCUT2D eigenvalue weighted by Crippen LogP contribution is 2.27. The third kappa shape index (κ3) is 2.05. The average molecular weight is 199 g/mol. The second-order valence-electron chi connectivity index (χ2n) is 4.13. The number of nitrogens with zero attached hydrogens (tertiary/aromatic N) is 1. The van der Waals surface area contributed by atoms with E-state index >= 15 is 0 Å². The predicted octanol–water partition coefficient (Wildman–Crippen LogP) is 1.11. The summed E-state index contributed by atoms with van der Waals surface area (Å²) in [6.45, 7) is 5.36. The van der Waals surface area contributed by atoms with Gasteiger partial charge in [0.05, 0.1) is 5.92 Å². The van der Waals surface area contributed by atoms with Gasteiger partial charge in [-0.15, -0.1) is 0 Å². The van der Waals surface area contributed by atoms with Crippen molar-refractivity contribution in [1.82, 2.24) is 4.90 Å². The van der Waals surface area contributed by atoms with Crippen molar-refractivity contribution in [1.29, 1.82) is 0 Å². The number of carbonyl (C=O) groups is 2. The van der Waals surface area contributed by atoms with Gasteiger partial charge in [-0.25, -0.2) is 0 Å². The Kier molecular flexibility index (Phi) is 3.13. The SMILES string of the molecule is CC(=O)N1C(C)CC(C(=O)O)CC1C. The number of carboxylic acid groups (broad SMARTS) is 1. The molecule has 0 aliphatic carbocycles. The lowest BCUT2D eigenvalue weighted by molar-refractivity contribution is -0.149. The van der Waals surface area contributed by atoms with Crippen molar-refractivity contribution in [3.05, 3.63) is 0 Å². The quantitative estimate of drug-likeness (QED) is 0.688. The van der Waals surface area contributed by atoms with Crippen molar-refractivity contribution in [2.75, 3.05) is 0 Å². The molecule has 1 fully saturated rings. The minimum absolute atomic E-state index is 0.0360. The van der Waals surface area contributed by atoms with Crippen molar-refractivity contribution >= 4 is 11.9 Å². The van der Waals surface area contributed by atoms with Gasteiger partial charge in [-0.3, -0.25) is 9.59 Å². The first-order valence-electron chi connectivity index (χ1n) is 4.95. The smallest absolute Gasteiger partial charge is 0.306 e. The Morgan fingerprint density at radius 2 is 1.64 bits per heavy atom. The summed E-state index contributed by atoms with van der Waals surface area (Å²) < 4.78 is 0.